The zero-order chi connectivity index (χ0) is 17.1. The van der Waals surface area contributed by atoms with E-state index in [0.29, 0.717) is 12.0 Å². The summed E-state index contributed by atoms with van der Waals surface area (Å²) in [6.45, 7) is 1.87. The number of allylic oxidation sites excluding steroid dienone is 2. The molecule has 0 amide bonds. The van der Waals surface area contributed by atoms with Gasteiger partial charge in [-0.1, -0.05) is 24.3 Å². The molecule has 0 aromatic heterocycles. The van der Waals surface area contributed by atoms with Crippen LogP contribution in [0.25, 0.3) is 5.57 Å². The van der Waals surface area contributed by atoms with Crippen LogP contribution in [0.2, 0.25) is 0 Å². The maximum absolute atomic E-state index is 12.4. The highest BCUT2D eigenvalue weighted by molar-refractivity contribution is 7.16. The van der Waals surface area contributed by atoms with E-state index < -0.39 is 0 Å². The number of carbonyl (C=O) groups is 1. The summed E-state index contributed by atoms with van der Waals surface area (Å²) in [7, 11) is 2.77. The number of hydrogen-bond donors (Lipinski definition) is 1. The fourth-order valence-electron chi connectivity index (χ4n) is 3.22. The molecule has 0 bridgehead atoms. The van der Waals surface area contributed by atoms with Crippen molar-refractivity contribution in [1.82, 2.24) is 0 Å². The lowest BCUT2D eigenvalue weighted by molar-refractivity contribution is 0.104. The molecule has 0 spiro atoms. The molecule has 0 heterocycles. The van der Waals surface area contributed by atoms with Crippen LogP contribution in [0.5, 0.6) is 5.75 Å². The largest absolute Gasteiger partial charge is 0.508 e. The molecule has 0 saturated carbocycles. The molecule has 2 aromatic carbocycles. The molecular formula is C21H23O2P. The summed E-state index contributed by atoms with van der Waals surface area (Å²) >= 11 is 0. The molecule has 1 aliphatic carbocycles. The normalized spacial score (nSPS) is 13.6. The molecule has 3 rings (SSSR count). The summed E-state index contributed by atoms with van der Waals surface area (Å²) in [6, 6.07) is 11.9. The van der Waals surface area contributed by atoms with Gasteiger partial charge in [0, 0.05) is 5.56 Å². The number of hydrogen-bond acceptors (Lipinski definition) is 2. The van der Waals surface area contributed by atoms with Gasteiger partial charge in [0.1, 0.15) is 5.75 Å². The molecule has 24 heavy (non-hydrogen) atoms. The summed E-state index contributed by atoms with van der Waals surface area (Å²) in [5, 5.41) is 9.93. The van der Waals surface area contributed by atoms with Crippen LogP contribution >= 0.6 is 9.24 Å². The van der Waals surface area contributed by atoms with Crippen LogP contribution in [0.4, 0.5) is 0 Å². The topological polar surface area (TPSA) is 37.3 Å². The van der Waals surface area contributed by atoms with Gasteiger partial charge < -0.3 is 5.11 Å². The molecule has 0 aliphatic heterocycles. The summed E-state index contributed by atoms with van der Waals surface area (Å²) in [5.74, 6) is 0.283. The number of carbonyl (C=O) groups excluding carboxylic acids is 1. The van der Waals surface area contributed by atoms with E-state index in [1.165, 1.54) is 18.4 Å². The van der Waals surface area contributed by atoms with Crippen molar-refractivity contribution < 1.29 is 9.90 Å². The SMILES string of the molecule is Cc1c(O)ccc2c1CC(c1ccc(CCCCP)cc1)=CC2=O. The van der Waals surface area contributed by atoms with E-state index in [1.54, 1.807) is 18.2 Å². The van der Waals surface area contributed by atoms with Crippen LogP contribution in [0.3, 0.4) is 0 Å². The standard InChI is InChI=1S/C21H23O2P/c1-14-19-12-17(13-21(23)18(19)9-10-20(14)22)16-7-5-15(6-8-16)4-2-3-11-24/h5-10,13,22H,2-4,11-12,24H2,1H3. The Morgan fingerprint density at radius 3 is 2.54 bits per heavy atom. The van der Waals surface area contributed by atoms with Gasteiger partial charge in [-0.25, -0.2) is 0 Å². The monoisotopic (exact) mass is 338 g/mol. The van der Waals surface area contributed by atoms with E-state index in [-0.39, 0.29) is 11.5 Å². The molecule has 3 heteroatoms. The quantitative estimate of drug-likeness (QED) is 0.633. The van der Waals surface area contributed by atoms with Crippen molar-refractivity contribution in [2.24, 2.45) is 0 Å². The predicted molar refractivity (Wildman–Crippen MR) is 103 cm³/mol. The van der Waals surface area contributed by atoms with Crippen molar-refractivity contribution in [3.8, 4) is 5.75 Å². The third kappa shape index (κ3) is 3.44. The summed E-state index contributed by atoms with van der Waals surface area (Å²) < 4.78 is 0. The fraction of sp³-hybridized carbons (Fsp3) is 0.286. The van der Waals surface area contributed by atoms with Gasteiger partial charge in [-0.2, -0.15) is 0 Å². The van der Waals surface area contributed by atoms with Crippen LogP contribution in [0.1, 0.15) is 45.5 Å². The van der Waals surface area contributed by atoms with Gasteiger partial charge in [-0.3, -0.25) is 4.79 Å². The van der Waals surface area contributed by atoms with Crippen LogP contribution in [-0.4, -0.2) is 17.1 Å². The minimum Gasteiger partial charge on any atom is -0.508 e. The molecular weight excluding hydrogens is 315 g/mol. The van der Waals surface area contributed by atoms with Crippen molar-refractivity contribution in [3.63, 3.8) is 0 Å². The summed E-state index contributed by atoms with van der Waals surface area (Å²) in [4.78, 5) is 12.4. The van der Waals surface area contributed by atoms with Gasteiger partial charge in [0.25, 0.3) is 0 Å². The number of phenolic OH excluding ortho intramolecular Hbond substituents is 1. The average Bonchev–Trinajstić information content (AvgIpc) is 2.59. The third-order valence-corrected chi connectivity index (χ3v) is 5.16. The molecule has 2 aromatic rings. The second-order valence-corrected chi connectivity index (χ2v) is 6.97. The summed E-state index contributed by atoms with van der Waals surface area (Å²) in [5.41, 5.74) is 5.92. The second-order valence-electron chi connectivity index (χ2n) is 6.39. The molecule has 1 unspecified atom stereocenters. The highest BCUT2D eigenvalue weighted by Crippen LogP contribution is 2.33. The van der Waals surface area contributed by atoms with Crippen molar-refractivity contribution in [2.75, 3.05) is 6.16 Å². The second kappa shape index (κ2) is 7.32. The molecule has 124 valence electrons. The Morgan fingerprint density at radius 1 is 1.08 bits per heavy atom. The zero-order valence-corrected chi connectivity index (χ0v) is 15.2. The van der Waals surface area contributed by atoms with E-state index >= 15 is 0 Å². The fourth-order valence-corrected chi connectivity index (χ4v) is 3.51. The van der Waals surface area contributed by atoms with Crippen LogP contribution in [-0.2, 0) is 12.8 Å². The Bertz CT molecular complexity index is 788. The zero-order valence-electron chi connectivity index (χ0n) is 14.0. The number of aromatic hydroxyl groups is 1. The first-order valence-corrected chi connectivity index (χ1v) is 9.27. The number of benzene rings is 2. The van der Waals surface area contributed by atoms with Gasteiger partial charge in [0.15, 0.2) is 5.78 Å². The lowest BCUT2D eigenvalue weighted by Crippen LogP contribution is -2.11. The molecule has 0 fully saturated rings. The molecule has 2 nitrogen and oxygen atoms in total. The Balaban J connectivity index is 1.83. The van der Waals surface area contributed by atoms with Crippen LogP contribution in [0.15, 0.2) is 42.5 Å². The summed E-state index contributed by atoms with van der Waals surface area (Å²) in [6.07, 6.45) is 7.11. The number of rotatable bonds is 5. The lowest BCUT2D eigenvalue weighted by Gasteiger charge is -2.19. The Hall–Kier alpha value is -1.92. The number of phenols is 1. The highest BCUT2D eigenvalue weighted by atomic mass is 31.0. The third-order valence-electron chi connectivity index (χ3n) is 4.75. The minimum atomic E-state index is 0.0267. The van der Waals surface area contributed by atoms with Gasteiger partial charge in [0.05, 0.1) is 0 Å². The van der Waals surface area contributed by atoms with Gasteiger partial charge in [-0.15, -0.1) is 9.24 Å². The van der Waals surface area contributed by atoms with E-state index in [0.717, 1.165) is 34.8 Å². The van der Waals surface area contributed by atoms with Crippen molar-refractivity contribution >= 4 is 20.6 Å². The molecule has 0 saturated heterocycles. The average molecular weight is 338 g/mol. The molecule has 1 atom stereocenters. The number of aryl methyl sites for hydroxylation is 1. The molecule has 1 N–H and O–H groups in total. The van der Waals surface area contributed by atoms with Crippen molar-refractivity contribution in [2.45, 2.75) is 32.6 Å². The minimum absolute atomic E-state index is 0.0267. The number of fused-ring (bicyclic) bond motifs is 1. The van der Waals surface area contributed by atoms with Crippen LogP contribution < -0.4 is 0 Å². The van der Waals surface area contributed by atoms with Gasteiger partial charge in [0.2, 0.25) is 0 Å². The van der Waals surface area contributed by atoms with E-state index in [9.17, 15) is 9.90 Å². The Labute approximate surface area is 145 Å². The van der Waals surface area contributed by atoms with E-state index in [4.69, 9.17) is 0 Å². The van der Waals surface area contributed by atoms with E-state index in [2.05, 4.69) is 33.5 Å². The Morgan fingerprint density at radius 2 is 1.83 bits per heavy atom. The smallest absolute Gasteiger partial charge is 0.186 e. The molecule has 1 aliphatic rings. The van der Waals surface area contributed by atoms with Crippen molar-refractivity contribution in [3.05, 3.63) is 70.3 Å². The van der Waals surface area contributed by atoms with Crippen LogP contribution in [0, 0.1) is 6.92 Å². The van der Waals surface area contributed by atoms with E-state index in [1.807, 2.05) is 6.92 Å². The van der Waals surface area contributed by atoms with Crippen molar-refractivity contribution in [1.29, 1.82) is 0 Å². The highest BCUT2D eigenvalue weighted by Gasteiger charge is 2.21. The van der Waals surface area contributed by atoms with Gasteiger partial charge in [-0.05, 0) is 84.8 Å². The number of unbranched alkanes of at least 4 members (excludes halogenated alkanes) is 1. The first kappa shape index (κ1) is 16.9. The number of ketones is 1. The first-order chi connectivity index (χ1) is 11.6. The Kier molecular flexibility index (Phi) is 5.16. The lowest BCUT2D eigenvalue weighted by atomic mass is 9.84. The maximum Gasteiger partial charge on any atom is 0.186 e. The van der Waals surface area contributed by atoms with Gasteiger partial charge >= 0.3 is 0 Å². The predicted octanol–water partition coefficient (Wildman–Crippen LogP) is 4.72. The first-order valence-electron chi connectivity index (χ1n) is 8.46. The molecule has 0 radical (unpaired) electrons. The maximum atomic E-state index is 12.4.